The van der Waals surface area contributed by atoms with Crippen molar-refractivity contribution < 1.29 is 8.42 Å². The molecule has 0 bridgehead atoms. The van der Waals surface area contributed by atoms with Crippen LogP contribution in [-0.2, 0) is 10.2 Å². The Morgan fingerprint density at radius 1 is 1.11 bits per heavy atom. The molecule has 1 aliphatic rings. The predicted octanol–water partition coefficient (Wildman–Crippen LogP) is 2.45. The minimum absolute atomic E-state index is 0.142. The predicted molar refractivity (Wildman–Crippen MR) is 76.1 cm³/mol. The fourth-order valence-corrected chi connectivity index (χ4v) is 4.78. The average molecular weight is 297 g/mol. The fraction of sp³-hybridized carbons (Fsp3) is 1.00. The molecule has 0 saturated heterocycles. The minimum Gasteiger partial charge on any atom is -0.195 e. The van der Waals surface area contributed by atoms with Crippen LogP contribution in [0.15, 0.2) is 0 Å². The van der Waals surface area contributed by atoms with Crippen LogP contribution >= 0.6 is 11.6 Å². The van der Waals surface area contributed by atoms with Gasteiger partial charge in [0.25, 0.3) is 10.2 Å². The van der Waals surface area contributed by atoms with Crippen molar-refractivity contribution in [2.45, 2.75) is 52.0 Å². The number of hydrogen-bond acceptors (Lipinski definition) is 2. The van der Waals surface area contributed by atoms with Crippen molar-refractivity contribution >= 4 is 21.8 Å². The maximum atomic E-state index is 12.6. The van der Waals surface area contributed by atoms with Gasteiger partial charge >= 0.3 is 0 Å². The van der Waals surface area contributed by atoms with Crippen LogP contribution in [0.4, 0.5) is 0 Å². The molecule has 6 heteroatoms. The van der Waals surface area contributed by atoms with E-state index in [0.717, 1.165) is 25.7 Å². The van der Waals surface area contributed by atoms with Crippen LogP contribution in [0.3, 0.4) is 0 Å². The van der Waals surface area contributed by atoms with Crippen LogP contribution < -0.4 is 0 Å². The molecule has 108 valence electrons. The molecule has 0 radical (unpaired) electrons. The van der Waals surface area contributed by atoms with E-state index in [1.807, 2.05) is 13.8 Å². The Hall–Kier alpha value is 0.160. The van der Waals surface area contributed by atoms with Gasteiger partial charge in [-0.15, -0.1) is 11.6 Å². The van der Waals surface area contributed by atoms with Crippen molar-refractivity contribution in [3.05, 3.63) is 0 Å². The summed E-state index contributed by atoms with van der Waals surface area (Å²) in [5.74, 6) is 0.358. The Morgan fingerprint density at radius 3 is 2.11 bits per heavy atom. The monoisotopic (exact) mass is 296 g/mol. The van der Waals surface area contributed by atoms with Crippen molar-refractivity contribution in [2.75, 3.05) is 25.5 Å². The van der Waals surface area contributed by atoms with E-state index in [1.165, 1.54) is 10.7 Å². The zero-order valence-corrected chi connectivity index (χ0v) is 13.0. The SMILES string of the molecule is CCN(CC)S(=O)(=O)N(CCCl)C1CCCCC1. The van der Waals surface area contributed by atoms with Crippen LogP contribution in [0.25, 0.3) is 0 Å². The summed E-state index contributed by atoms with van der Waals surface area (Å²) in [7, 11) is -3.34. The average Bonchev–Trinajstić information content (AvgIpc) is 2.38. The summed E-state index contributed by atoms with van der Waals surface area (Å²) in [6.07, 6.45) is 5.40. The first kappa shape index (κ1) is 16.2. The molecule has 4 nitrogen and oxygen atoms in total. The summed E-state index contributed by atoms with van der Waals surface area (Å²) in [5.41, 5.74) is 0. The first-order valence-corrected chi connectivity index (χ1v) is 8.83. The Labute approximate surface area is 116 Å². The van der Waals surface area contributed by atoms with Gasteiger partial charge < -0.3 is 0 Å². The van der Waals surface area contributed by atoms with E-state index in [-0.39, 0.29) is 6.04 Å². The van der Waals surface area contributed by atoms with Crippen molar-refractivity contribution in [1.29, 1.82) is 0 Å². The highest BCUT2D eigenvalue weighted by Crippen LogP contribution is 2.25. The number of nitrogens with zero attached hydrogens (tertiary/aromatic N) is 2. The van der Waals surface area contributed by atoms with Crippen molar-refractivity contribution in [3.63, 3.8) is 0 Å². The molecule has 1 rings (SSSR count). The van der Waals surface area contributed by atoms with Gasteiger partial charge in [0.05, 0.1) is 0 Å². The van der Waals surface area contributed by atoms with E-state index in [2.05, 4.69) is 0 Å². The first-order valence-electron chi connectivity index (χ1n) is 6.90. The molecule has 1 aliphatic carbocycles. The summed E-state index contributed by atoms with van der Waals surface area (Å²) in [6, 6.07) is 0.142. The lowest BCUT2D eigenvalue weighted by Gasteiger charge is -2.36. The lowest BCUT2D eigenvalue weighted by Crippen LogP contribution is -2.49. The minimum atomic E-state index is -3.34. The van der Waals surface area contributed by atoms with Crippen LogP contribution in [0.5, 0.6) is 0 Å². The highest BCUT2D eigenvalue weighted by Gasteiger charge is 2.33. The maximum absolute atomic E-state index is 12.6. The zero-order chi connectivity index (χ0) is 13.6. The molecule has 1 fully saturated rings. The van der Waals surface area contributed by atoms with Crippen LogP contribution in [-0.4, -0.2) is 48.6 Å². The molecule has 0 aromatic rings. The smallest absolute Gasteiger partial charge is 0.195 e. The molecular weight excluding hydrogens is 272 g/mol. The van der Waals surface area contributed by atoms with Gasteiger partial charge in [0.15, 0.2) is 0 Å². The van der Waals surface area contributed by atoms with Gasteiger partial charge in [-0.1, -0.05) is 33.1 Å². The van der Waals surface area contributed by atoms with Gasteiger partial charge in [0.1, 0.15) is 0 Å². The van der Waals surface area contributed by atoms with Crippen molar-refractivity contribution in [1.82, 2.24) is 8.61 Å². The zero-order valence-electron chi connectivity index (χ0n) is 11.4. The van der Waals surface area contributed by atoms with Crippen LogP contribution in [0.1, 0.15) is 46.0 Å². The number of alkyl halides is 1. The number of hydrogen-bond donors (Lipinski definition) is 0. The van der Waals surface area contributed by atoms with Crippen molar-refractivity contribution in [3.8, 4) is 0 Å². The molecule has 18 heavy (non-hydrogen) atoms. The Balaban J connectivity index is 2.88. The van der Waals surface area contributed by atoms with Gasteiger partial charge in [0.2, 0.25) is 0 Å². The highest BCUT2D eigenvalue weighted by molar-refractivity contribution is 7.86. The Morgan fingerprint density at radius 2 is 1.67 bits per heavy atom. The van der Waals surface area contributed by atoms with Crippen molar-refractivity contribution in [2.24, 2.45) is 0 Å². The summed E-state index contributed by atoms with van der Waals surface area (Å²) in [6.45, 7) is 5.21. The third kappa shape index (κ3) is 3.83. The summed E-state index contributed by atoms with van der Waals surface area (Å²) in [4.78, 5) is 0. The molecule has 0 N–H and O–H groups in total. The van der Waals surface area contributed by atoms with Gasteiger partial charge in [-0.3, -0.25) is 0 Å². The maximum Gasteiger partial charge on any atom is 0.282 e. The molecule has 1 saturated carbocycles. The second-order valence-corrected chi connectivity index (χ2v) is 6.94. The normalized spacial score (nSPS) is 18.7. The van der Waals surface area contributed by atoms with E-state index in [0.29, 0.717) is 25.5 Å². The number of rotatable bonds is 7. The molecule has 0 aliphatic heterocycles. The second-order valence-electron chi connectivity index (χ2n) is 4.68. The Kier molecular flexibility index (Phi) is 6.92. The fourth-order valence-electron chi connectivity index (χ4n) is 2.64. The largest absolute Gasteiger partial charge is 0.282 e. The van der Waals surface area contributed by atoms with Crippen LogP contribution in [0, 0.1) is 0 Å². The quantitative estimate of drug-likeness (QED) is 0.677. The molecular formula is C12H25ClN2O2S. The molecule has 0 heterocycles. The van der Waals surface area contributed by atoms with E-state index in [9.17, 15) is 8.42 Å². The molecule has 0 amide bonds. The third-order valence-corrected chi connectivity index (χ3v) is 6.03. The van der Waals surface area contributed by atoms with Gasteiger partial charge in [-0.05, 0) is 12.8 Å². The van der Waals surface area contributed by atoms with Crippen LogP contribution in [0.2, 0.25) is 0 Å². The van der Waals surface area contributed by atoms with E-state index in [4.69, 9.17) is 11.6 Å². The Bertz CT molecular complexity index is 325. The molecule has 0 unspecified atom stereocenters. The first-order chi connectivity index (χ1) is 8.57. The van der Waals surface area contributed by atoms with E-state index >= 15 is 0 Å². The van der Waals surface area contributed by atoms with Gasteiger partial charge in [0, 0.05) is 31.6 Å². The standard InChI is InChI=1S/C12H25ClN2O2S/c1-3-14(4-2)18(16,17)15(11-10-13)12-8-6-5-7-9-12/h12H,3-11H2,1-2H3. The summed E-state index contributed by atoms with van der Waals surface area (Å²) in [5, 5.41) is 0. The van der Waals surface area contributed by atoms with Gasteiger partial charge in [-0.25, -0.2) is 0 Å². The molecule has 0 aromatic heterocycles. The lowest BCUT2D eigenvalue weighted by molar-refractivity contribution is 0.244. The van der Waals surface area contributed by atoms with Gasteiger partial charge in [-0.2, -0.15) is 17.0 Å². The lowest BCUT2D eigenvalue weighted by atomic mass is 9.95. The molecule has 0 atom stereocenters. The second kappa shape index (κ2) is 7.68. The summed E-state index contributed by atoms with van der Waals surface area (Å²) < 4.78 is 28.3. The molecule has 0 spiro atoms. The third-order valence-electron chi connectivity index (χ3n) is 3.61. The summed E-state index contributed by atoms with van der Waals surface area (Å²) >= 11 is 5.79. The molecule has 0 aromatic carbocycles. The van der Waals surface area contributed by atoms with E-state index < -0.39 is 10.2 Å². The van der Waals surface area contributed by atoms with E-state index in [1.54, 1.807) is 4.31 Å². The number of halogens is 1. The topological polar surface area (TPSA) is 40.6 Å². The highest BCUT2D eigenvalue weighted by atomic mass is 35.5.